The summed E-state index contributed by atoms with van der Waals surface area (Å²) in [7, 11) is -0.844. The summed E-state index contributed by atoms with van der Waals surface area (Å²) in [5, 5.41) is 6.00. The van der Waals surface area contributed by atoms with Crippen LogP contribution >= 0.6 is 7.92 Å². The van der Waals surface area contributed by atoms with Gasteiger partial charge in [0.05, 0.1) is 5.69 Å². The molecule has 3 aromatic carbocycles. The highest BCUT2D eigenvalue weighted by Crippen LogP contribution is 2.49. The van der Waals surface area contributed by atoms with Crippen molar-refractivity contribution >= 4 is 34.9 Å². The second kappa shape index (κ2) is 12.4. The molecule has 0 unspecified atom stereocenters. The summed E-state index contributed by atoms with van der Waals surface area (Å²) in [4.78, 5) is 4.79. The van der Waals surface area contributed by atoms with Crippen molar-refractivity contribution < 1.29 is 0 Å². The quantitative estimate of drug-likeness (QED) is 0.178. The van der Waals surface area contributed by atoms with Crippen molar-refractivity contribution in [1.29, 1.82) is 0 Å². The average molecular weight is 470 g/mol. The molecule has 1 aromatic heterocycles. The fourth-order valence-corrected chi connectivity index (χ4v) is 6.26. The lowest BCUT2D eigenvalue weighted by Gasteiger charge is -2.24. The van der Waals surface area contributed by atoms with E-state index in [1.807, 2.05) is 42.6 Å². The highest BCUT2D eigenvalue weighted by atomic mass is 31.1. The maximum absolute atomic E-state index is 4.79. The van der Waals surface area contributed by atoms with Crippen molar-refractivity contribution in [1.82, 2.24) is 4.98 Å². The van der Waals surface area contributed by atoms with Gasteiger partial charge in [-0.1, -0.05) is 147 Å². The van der Waals surface area contributed by atoms with E-state index < -0.39 is 7.92 Å². The van der Waals surface area contributed by atoms with Gasteiger partial charge in [0.2, 0.25) is 0 Å². The van der Waals surface area contributed by atoms with Crippen LogP contribution in [0.5, 0.6) is 0 Å². The number of allylic oxidation sites excluding steroid dienone is 10. The maximum atomic E-state index is 4.79. The molecule has 4 aromatic rings. The summed E-state index contributed by atoms with van der Waals surface area (Å²) in [6.45, 7) is 8.30. The highest BCUT2D eigenvalue weighted by Gasteiger charge is 2.22. The Labute approximate surface area is 209 Å². The second-order valence-corrected chi connectivity index (χ2v) is 9.99. The zero-order valence-electron chi connectivity index (χ0n) is 19.7. The number of rotatable bonds is 9. The molecule has 170 valence electrons. The monoisotopic (exact) mass is 469 g/mol. The van der Waals surface area contributed by atoms with Crippen LogP contribution in [0.1, 0.15) is 5.69 Å². The minimum Gasteiger partial charge on any atom is -0.256 e. The van der Waals surface area contributed by atoms with E-state index >= 15 is 0 Å². The summed E-state index contributed by atoms with van der Waals surface area (Å²) in [5.74, 6) is 0. The molecule has 35 heavy (non-hydrogen) atoms. The molecule has 0 amide bonds. The van der Waals surface area contributed by atoms with Crippen LogP contribution in [0.3, 0.4) is 0 Å². The van der Waals surface area contributed by atoms with Gasteiger partial charge < -0.3 is 0 Å². The van der Waals surface area contributed by atoms with E-state index in [-0.39, 0.29) is 0 Å². The van der Waals surface area contributed by atoms with Crippen molar-refractivity contribution in [3.05, 3.63) is 170 Å². The van der Waals surface area contributed by atoms with Crippen molar-refractivity contribution in [3.63, 3.8) is 0 Å². The number of aromatic nitrogens is 1. The minimum absolute atomic E-state index is 0.844. The van der Waals surface area contributed by atoms with Crippen LogP contribution in [-0.4, -0.2) is 4.98 Å². The van der Waals surface area contributed by atoms with E-state index in [2.05, 4.69) is 110 Å². The topological polar surface area (TPSA) is 12.9 Å². The van der Waals surface area contributed by atoms with E-state index in [1.165, 1.54) is 15.9 Å². The molecular formula is C33H28NP. The van der Waals surface area contributed by atoms with Crippen LogP contribution < -0.4 is 10.6 Å². The smallest absolute Gasteiger partial charge is 0.0780 e. The summed E-state index contributed by atoms with van der Waals surface area (Å²) in [6.07, 6.45) is 17.8. The van der Waals surface area contributed by atoms with Crippen LogP contribution in [0.2, 0.25) is 0 Å². The van der Waals surface area contributed by atoms with Gasteiger partial charge in [-0.15, -0.1) is 0 Å². The van der Waals surface area contributed by atoms with Gasteiger partial charge in [-0.3, -0.25) is 4.98 Å². The zero-order chi connectivity index (χ0) is 24.3. The third kappa shape index (κ3) is 6.09. The summed E-state index contributed by atoms with van der Waals surface area (Å²) < 4.78 is 0. The molecule has 1 heterocycles. The minimum atomic E-state index is -0.844. The lowest BCUT2D eigenvalue weighted by atomic mass is 10.0. The summed E-state index contributed by atoms with van der Waals surface area (Å²) in [5.41, 5.74) is 1.87. The van der Waals surface area contributed by atoms with E-state index in [0.29, 0.717) is 0 Å². The molecule has 1 nitrogen and oxygen atoms in total. The maximum Gasteiger partial charge on any atom is 0.0780 e. The number of fused-ring (bicyclic) bond motifs is 1. The summed E-state index contributed by atoms with van der Waals surface area (Å²) in [6, 6.07) is 31.8. The molecule has 0 aliphatic rings. The van der Waals surface area contributed by atoms with Gasteiger partial charge in [0.25, 0.3) is 0 Å². The van der Waals surface area contributed by atoms with Gasteiger partial charge in [-0.2, -0.15) is 0 Å². The number of pyridine rings is 1. The Morgan fingerprint density at radius 2 is 1.23 bits per heavy atom. The molecule has 4 rings (SSSR count). The molecule has 0 spiro atoms. The van der Waals surface area contributed by atoms with Gasteiger partial charge >= 0.3 is 0 Å². The molecule has 0 fully saturated rings. The van der Waals surface area contributed by atoms with Crippen LogP contribution in [0.25, 0.3) is 16.3 Å². The van der Waals surface area contributed by atoms with Gasteiger partial charge in [-0.25, -0.2) is 0 Å². The first-order valence-electron chi connectivity index (χ1n) is 11.6. The Kier molecular flexibility index (Phi) is 8.54. The lowest BCUT2D eigenvalue weighted by Crippen LogP contribution is -2.13. The molecule has 0 bridgehead atoms. The third-order valence-electron chi connectivity index (χ3n) is 5.48. The fraction of sp³-hybridized carbons (Fsp3) is 0. The first-order valence-corrected chi connectivity index (χ1v) is 12.9. The molecular weight excluding hydrogens is 441 g/mol. The van der Waals surface area contributed by atoms with E-state index in [1.54, 1.807) is 6.08 Å². The fourth-order valence-electron chi connectivity index (χ4n) is 3.85. The first kappa shape index (κ1) is 24.1. The van der Waals surface area contributed by atoms with Gasteiger partial charge in [0, 0.05) is 17.2 Å². The first-order chi connectivity index (χ1) is 17.3. The van der Waals surface area contributed by atoms with Gasteiger partial charge in [-0.05, 0) is 35.3 Å². The Morgan fingerprint density at radius 1 is 0.657 bits per heavy atom. The number of hydrogen-bond acceptors (Lipinski definition) is 1. The second-order valence-electron chi connectivity index (χ2n) is 7.81. The molecule has 0 saturated heterocycles. The van der Waals surface area contributed by atoms with Crippen LogP contribution in [-0.2, 0) is 0 Å². The SMILES string of the molecule is C=C\C=C/C=C\C=C/C=C(\C(=C)c1nccc2ccccc12)P(c1ccccc1)c1ccccc1. The molecule has 0 N–H and O–H groups in total. The normalized spacial score (nSPS) is 12.3. The van der Waals surface area contributed by atoms with Gasteiger partial charge in [0.15, 0.2) is 0 Å². The van der Waals surface area contributed by atoms with Gasteiger partial charge in [0.1, 0.15) is 0 Å². The molecule has 0 atom stereocenters. The largest absolute Gasteiger partial charge is 0.256 e. The average Bonchev–Trinajstić information content (AvgIpc) is 2.92. The Hall–Kier alpha value is -4.06. The predicted octanol–water partition coefficient (Wildman–Crippen LogP) is 8.12. The number of benzene rings is 3. The van der Waals surface area contributed by atoms with Crippen LogP contribution in [0, 0.1) is 0 Å². The van der Waals surface area contributed by atoms with Crippen molar-refractivity contribution in [2.45, 2.75) is 0 Å². The van der Waals surface area contributed by atoms with Crippen molar-refractivity contribution in [2.24, 2.45) is 0 Å². The molecule has 0 aliphatic heterocycles. The Morgan fingerprint density at radius 3 is 1.89 bits per heavy atom. The van der Waals surface area contributed by atoms with E-state index in [4.69, 9.17) is 4.98 Å². The summed E-state index contributed by atoms with van der Waals surface area (Å²) >= 11 is 0. The predicted molar refractivity (Wildman–Crippen MR) is 156 cm³/mol. The standard InChI is InChI=1S/C33H28NP/c1-3-4-5-6-7-8-15-24-32(27(2)33-31-23-17-16-18-28(31)25-26-34-33)35(29-19-11-9-12-20-29)30-21-13-10-14-22-30/h3-26H,1-2H2/b5-4-,7-6-,15-8-,32-24+. The van der Waals surface area contributed by atoms with Crippen LogP contribution in [0.15, 0.2) is 164 Å². The van der Waals surface area contributed by atoms with Crippen LogP contribution in [0.4, 0.5) is 0 Å². The Bertz CT molecular complexity index is 1360. The molecule has 2 heteroatoms. The zero-order valence-corrected chi connectivity index (χ0v) is 20.6. The molecule has 0 saturated carbocycles. The number of nitrogens with zero attached hydrogens (tertiary/aromatic N) is 1. The lowest BCUT2D eigenvalue weighted by molar-refractivity contribution is 1.31. The van der Waals surface area contributed by atoms with E-state index in [9.17, 15) is 0 Å². The molecule has 0 radical (unpaired) electrons. The molecule has 0 aliphatic carbocycles. The highest BCUT2D eigenvalue weighted by molar-refractivity contribution is 7.77. The van der Waals surface area contributed by atoms with Crippen molar-refractivity contribution in [2.75, 3.05) is 0 Å². The van der Waals surface area contributed by atoms with E-state index in [0.717, 1.165) is 22.0 Å². The third-order valence-corrected chi connectivity index (χ3v) is 8.01. The Balaban J connectivity index is 1.86. The number of hydrogen-bond donors (Lipinski definition) is 0. The van der Waals surface area contributed by atoms with Crippen molar-refractivity contribution in [3.8, 4) is 0 Å².